The molecule has 7 heteroatoms. The Hall–Kier alpha value is -2.15. The summed E-state index contributed by atoms with van der Waals surface area (Å²) >= 11 is 0. The van der Waals surface area contributed by atoms with E-state index in [0.717, 1.165) is 11.9 Å². The number of carbonyl (C=O) groups is 1. The molecule has 106 valence electrons. The molecule has 0 unspecified atom stereocenters. The van der Waals surface area contributed by atoms with Gasteiger partial charge in [-0.05, 0) is 24.3 Å². The van der Waals surface area contributed by atoms with Gasteiger partial charge in [0.1, 0.15) is 6.26 Å². The van der Waals surface area contributed by atoms with E-state index >= 15 is 0 Å². The van der Waals surface area contributed by atoms with Crippen molar-refractivity contribution in [3.63, 3.8) is 0 Å². The first-order chi connectivity index (χ1) is 9.47. The molecule has 1 aromatic heterocycles. The maximum atomic E-state index is 11.8. The van der Waals surface area contributed by atoms with Crippen LogP contribution < -0.4 is 5.32 Å². The van der Waals surface area contributed by atoms with Gasteiger partial charge in [0.2, 0.25) is 0 Å². The minimum absolute atomic E-state index is 0.191. The molecule has 2 aromatic rings. The molecule has 0 aliphatic carbocycles. The van der Waals surface area contributed by atoms with Crippen molar-refractivity contribution in [2.45, 2.75) is 11.3 Å². The molecule has 1 N–H and O–H groups in total. The fourth-order valence-corrected chi connectivity index (χ4v) is 2.26. The molecule has 0 saturated heterocycles. The molecule has 1 heterocycles. The number of nitrogens with zero attached hydrogens (tertiary/aromatic N) is 1. The molecular formula is C13H14N2O4S. The predicted octanol–water partition coefficient (Wildman–Crippen LogP) is 1.05. The van der Waals surface area contributed by atoms with Crippen LogP contribution in [-0.4, -0.2) is 32.3 Å². The Kier molecular flexibility index (Phi) is 4.19. The summed E-state index contributed by atoms with van der Waals surface area (Å²) < 4.78 is 27.3. The molecule has 2 rings (SSSR count). The molecule has 0 atom stereocenters. The average molecular weight is 294 g/mol. The Morgan fingerprint density at radius 1 is 1.25 bits per heavy atom. The third-order valence-corrected chi connectivity index (χ3v) is 3.83. The minimum atomic E-state index is -3.24. The number of rotatable bonds is 5. The second kappa shape index (κ2) is 5.87. The van der Waals surface area contributed by atoms with Crippen LogP contribution in [0, 0.1) is 0 Å². The van der Waals surface area contributed by atoms with Gasteiger partial charge in [0, 0.05) is 30.9 Å². The van der Waals surface area contributed by atoms with Crippen molar-refractivity contribution < 1.29 is 17.7 Å². The minimum Gasteiger partial charge on any atom is -0.365 e. The van der Waals surface area contributed by atoms with Gasteiger partial charge in [-0.25, -0.2) is 8.42 Å². The zero-order valence-corrected chi connectivity index (χ0v) is 11.7. The average Bonchev–Trinajstić information content (AvgIpc) is 2.91. The fraction of sp³-hybridized carbons (Fsp3) is 0.231. The molecule has 0 saturated carbocycles. The summed E-state index contributed by atoms with van der Waals surface area (Å²) in [6, 6.07) is 7.54. The summed E-state index contributed by atoms with van der Waals surface area (Å²) in [5, 5.41) is 6.46. The number of benzene rings is 1. The molecule has 0 bridgehead atoms. The third-order valence-electron chi connectivity index (χ3n) is 2.70. The van der Waals surface area contributed by atoms with E-state index in [1.54, 1.807) is 6.07 Å². The van der Waals surface area contributed by atoms with Gasteiger partial charge in [0.05, 0.1) is 10.6 Å². The first kappa shape index (κ1) is 14.3. The summed E-state index contributed by atoms with van der Waals surface area (Å²) in [6.45, 7) is 0.430. The summed E-state index contributed by atoms with van der Waals surface area (Å²) in [7, 11) is -3.24. The summed E-state index contributed by atoms with van der Waals surface area (Å²) in [5.74, 6) is -0.256. The smallest absolute Gasteiger partial charge is 0.251 e. The van der Waals surface area contributed by atoms with Crippen LogP contribution in [0.4, 0.5) is 0 Å². The van der Waals surface area contributed by atoms with Crippen molar-refractivity contribution in [3.8, 4) is 0 Å². The largest absolute Gasteiger partial charge is 0.365 e. The molecule has 20 heavy (non-hydrogen) atoms. The van der Waals surface area contributed by atoms with Crippen molar-refractivity contribution in [2.75, 3.05) is 12.8 Å². The summed E-state index contributed by atoms with van der Waals surface area (Å²) in [6.07, 6.45) is 3.17. The second-order valence-electron chi connectivity index (χ2n) is 4.29. The van der Waals surface area contributed by atoms with Crippen molar-refractivity contribution in [1.82, 2.24) is 10.5 Å². The second-order valence-corrected chi connectivity index (χ2v) is 6.31. The van der Waals surface area contributed by atoms with Crippen LogP contribution in [0.2, 0.25) is 0 Å². The van der Waals surface area contributed by atoms with Crippen molar-refractivity contribution in [3.05, 3.63) is 47.9 Å². The standard InChI is InChI=1S/C13H14N2O4S/c1-20(17,18)12-4-2-10(3-5-12)13(16)14-8-6-11-7-9-19-15-11/h2-5,7,9H,6,8H2,1H3,(H,14,16). The number of amides is 1. The van der Waals surface area contributed by atoms with Crippen molar-refractivity contribution in [2.24, 2.45) is 0 Å². The molecular weight excluding hydrogens is 280 g/mol. The van der Waals surface area contributed by atoms with E-state index in [0.29, 0.717) is 18.5 Å². The van der Waals surface area contributed by atoms with Gasteiger partial charge < -0.3 is 9.84 Å². The topological polar surface area (TPSA) is 89.3 Å². The molecule has 0 spiro atoms. The van der Waals surface area contributed by atoms with E-state index in [4.69, 9.17) is 0 Å². The summed E-state index contributed by atoms with van der Waals surface area (Å²) in [5.41, 5.74) is 1.18. The highest BCUT2D eigenvalue weighted by Gasteiger charge is 2.09. The first-order valence-electron chi connectivity index (χ1n) is 5.94. The number of aromatic nitrogens is 1. The van der Waals surface area contributed by atoms with Gasteiger partial charge in [0.25, 0.3) is 5.91 Å². The van der Waals surface area contributed by atoms with E-state index in [1.807, 2.05) is 0 Å². The highest BCUT2D eigenvalue weighted by molar-refractivity contribution is 7.90. The molecule has 1 aromatic carbocycles. The maximum absolute atomic E-state index is 11.8. The summed E-state index contributed by atoms with van der Waals surface area (Å²) in [4.78, 5) is 12.0. The quantitative estimate of drug-likeness (QED) is 0.890. The van der Waals surface area contributed by atoms with E-state index < -0.39 is 9.84 Å². The first-order valence-corrected chi connectivity index (χ1v) is 7.83. The monoisotopic (exact) mass is 294 g/mol. The number of carbonyl (C=O) groups excluding carboxylic acids is 1. The van der Waals surface area contributed by atoms with Crippen LogP contribution >= 0.6 is 0 Å². The molecule has 0 aliphatic heterocycles. The molecule has 1 amide bonds. The van der Waals surface area contributed by atoms with Crippen LogP contribution in [0.1, 0.15) is 16.1 Å². The van der Waals surface area contributed by atoms with Gasteiger partial charge >= 0.3 is 0 Å². The van der Waals surface area contributed by atoms with Gasteiger partial charge in [-0.15, -0.1) is 0 Å². The number of hydrogen-bond acceptors (Lipinski definition) is 5. The molecule has 6 nitrogen and oxygen atoms in total. The molecule has 0 aliphatic rings. The predicted molar refractivity (Wildman–Crippen MR) is 72.1 cm³/mol. The van der Waals surface area contributed by atoms with Gasteiger partial charge in [-0.3, -0.25) is 4.79 Å². The van der Waals surface area contributed by atoms with Gasteiger partial charge in [0.15, 0.2) is 9.84 Å². The Morgan fingerprint density at radius 3 is 2.50 bits per heavy atom. The maximum Gasteiger partial charge on any atom is 0.251 e. The molecule has 0 fully saturated rings. The Bertz CT molecular complexity index is 676. The van der Waals surface area contributed by atoms with Crippen LogP contribution in [0.25, 0.3) is 0 Å². The van der Waals surface area contributed by atoms with Crippen LogP contribution in [0.3, 0.4) is 0 Å². The van der Waals surface area contributed by atoms with E-state index in [2.05, 4.69) is 15.0 Å². The van der Waals surface area contributed by atoms with E-state index in [-0.39, 0.29) is 10.8 Å². The zero-order valence-electron chi connectivity index (χ0n) is 10.9. The SMILES string of the molecule is CS(=O)(=O)c1ccc(C(=O)NCCc2ccon2)cc1. The number of sulfone groups is 1. The Labute approximate surface area is 116 Å². The van der Waals surface area contributed by atoms with E-state index in [1.165, 1.54) is 30.5 Å². The number of nitrogens with one attached hydrogen (secondary N) is 1. The Balaban J connectivity index is 1.92. The zero-order chi connectivity index (χ0) is 14.6. The van der Waals surface area contributed by atoms with Crippen LogP contribution in [0.15, 0.2) is 46.0 Å². The number of hydrogen-bond donors (Lipinski definition) is 1. The lowest BCUT2D eigenvalue weighted by molar-refractivity contribution is 0.0954. The van der Waals surface area contributed by atoms with Crippen LogP contribution in [-0.2, 0) is 16.3 Å². The Morgan fingerprint density at radius 2 is 1.95 bits per heavy atom. The highest BCUT2D eigenvalue weighted by atomic mass is 32.2. The van der Waals surface area contributed by atoms with Crippen LogP contribution in [0.5, 0.6) is 0 Å². The lowest BCUT2D eigenvalue weighted by atomic mass is 10.2. The van der Waals surface area contributed by atoms with Gasteiger partial charge in [-0.1, -0.05) is 5.16 Å². The van der Waals surface area contributed by atoms with Crippen molar-refractivity contribution in [1.29, 1.82) is 0 Å². The lowest BCUT2D eigenvalue weighted by Crippen LogP contribution is -2.25. The third kappa shape index (κ3) is 3.67. The normalized spacial score (nSPS) is 11.2. The molecule has 0 radical (unpaired) electrons. The van der Waals surface area contributed by atoms with Gasteiger partial charge in [-0.2, -0.15) is 0 Å². The highest BCUT2D eigenvalue weighted by Crippen LogP contribution is 2.10. The fourth-order valence-electron chi connectivity index (χ4n) is 1.63. The van der Waals surface area contributed by atoms with Crippen molar-refractivity contribution >= 4 is 15.7 Å². The van der Waals surface area contributed by atoms with E-state index in [9.17, 15) is 13.2 Å². The lowest BCUT2D eigenvalue weighted by Gasteiger charge is -2.04.